The fraction of sp³-hybridized carbons (Fsp3) is 0.400. The SMILES string of the molecule is COc1cc([C@@H]2SC[C@@H](c3cc(OC)c(OC)c(OC)c3)S2)cc(I)c1OC. The molecule has 0 N–H and O–H groups in total. The van der Waals surface area contributed by atoms with E-state index in [1.165, 1.54) is 11.1 Å². The first kappa shape index (κ1) is 21.6. The molecule has 8 heteroatoms. The summed E-state index contributed by atoms with van der Waals surface area (Å²) in [5.41, 5.74) is 2.40. The number of thioether (sulfide) groups is 2. The summed E-state index contributed by atoms with van der Waals surface area (Å²) in [6, 6.07) is 8.33. The predicted octanol–water partition coefficient (Wildman–Crippen LogP) is 5.55. The van der Waals surface area contributed by atoms with E-state index in [9.17, 15) is 0 Å². The fourth-order valence-corrected chi connectivity index (χ4v) is 7.22. The van der Waals surface area contributed by atoms with Gasteiger partial charge in [0.15, 0.2) is 23.0 Å². The van der Waals surface area contributed by atoms with Crippen molar-refractivity contribution >= 4 is 46.1 Å². The van der Waals surface area contributed by atoms with E-state index >= 15 is 0 Å². The van der Waals surface area contributed by atoms with Gasteiger partial charge in [-0.2, -0.15) is 0 Å². The second kappa shape index (κ2) is 9.58. The molecule has 1 fully saturated rings. The fourth-order valence-electron chi connectivity index (χ4n) is 3.11. The summed E-state index contributed by atoms with van der Waals surface area (Å²) in [6.07, 6.45) is 0. The van der Waals surface area contributed by atoms with Crippen LogP contribution in [-0.2, 0) is 0 Å². The Morgan fingerprint density at radius 1 is 0.750 bits per heavy atom. The lowest BCUT2D eigenvalue weighted by Crippen LogP contribution is -1.99. The molecule has 0 saturated carbocycles. The third kappa shape index (κ3) is 4.23. The highest BCUT2D eigenvalue weighted by Gasteiger charge is 2.31. The second-order valence-electron chi connectivity index (χ2n) is 5.99. The summed E-state index contributed by atoms with van der Waals surface area (Å²) in [7, 11) is 8.25. The lowest BCUT2D eigenvalue weighted by Gasteiger charge is -2.17. The summed E-state index contributed by atoms with van der Waals surface area (Å²) in [4.78, 5) is 0. The molecule has 1 saturated heterocycles. The number of methoxy groups -OCH3 is 5. The molecule has 1 aliphatic rings. The first-order valence-corrected chi connectivity index (χ1v) is 11.6. The first-order valence-electron chi connectivity index (χ1n) is 8.54. The lowest BCUT2D eigenvalue weighted by atomic mass is 10.1. The van der Waals surface area contributed by atoms with Gasteiger partial charge in [-0.15, -0.1) is 23.5 Å². The molecule has 152 valence electrons. The maximum absolute atomic E-state index is 5.52. The Morgan fingerprint density at radius 3 is 1.82 bits per heavy atom. The molecule has 2 aromatic carbocycles. The Balaban J connectivity index is 1.87. The van der Waals surface area contributed by atoms with E-state index in [-0.39, 0.29) is 0 Å². The molecule has 1 aliphatic heterocycles. The highest BCUT2D eigenvalue weighted by Crippen LogP contribution is 2.58. The number of hydrogen-bond acceptors (Lipinski definition) is 7. The Morgan fingerprint density at radius 2 is 1.29 bits per heavy atom. The Hall–Kier alpha value is -1.13. The van der Waals surface area contributed by atoms with Gasteiger partial charge in [-0.3, -0.25) is 0 Å². The molecule has 2 atom stereocenters. The molecular formula is C20H23IO5S2. The maximum atomic E-state index is 5.52. The van der Waals surface area contributed by atoms with E-state index in [1.54, 1.807) is 35.5 Å². The molecule has 2 aromatic rings. The topological polar surface area (TPSA) is 46.2 Å². The Labute approximate surface area is 187 Å². The molecule has 0 aliphatic carbocycles. The minimum Gasteiger partial charge on any atom is -0.493 e. The minimum absolute atomic E-state index is 0.317. The van der Waals surface area contributed by atoms with Crippen molar-refractivity contribution in [1.29, 1.82) is 0 Å². The first-order chi connectivity index (χ1) is 13.6. The summed E-state index contributed by atoms with van der Waals surface area (Å²) in [5, 5.41) is 0.328. The van der Waals surface area contributed by atoms with Crippen molar-refractivity contribution in [2.45, 2.75) is 9.83 Å². The third-order valence-corrected chi connectivity index (χ3v) is 8.62. The summed E-state index contributed by atoms with van der Waals surface area (Å²) < 4.78 is 28.8. The molecular weight excluding hydrogens is 511 g/mol. The molecule has 5 nitrogen and oxygen atoms in total. The van der Waals surface area contributed by atoms with Gasteiger partial charge in [0, 0.05) is 11.0 Å². The summed E-state index contributed by atoms with van der Waals surface area (Å²) in [5.74, 6) is 4.54. The van der Waals surface area contributed by atoms with Crippen LogP contribution in [0.5, 0.6) is 28.7 Å². The van der Waals surface area contributed by atoms with Crippen molar-refractivity contribution in [2.75, 3.05) is 41.3 Å². The van der Waals surface area contributed by atoms with Gasteiger partial charge >= 0.3 is 0 Å². The highest BCUT2D eigenvalue weighted by molar-refractivity contribution is 14.1. The number of ether oxygens (including phenoxy) is 5. The van der Waals surface area contributed by atoms with Crippen LogP contribution in [0.4, 0.5) is 0 Å². The minimum atomic E-state index is 0.317. The average molecular weight is 534 g/mol. The van der Waals surface area contributed by atoms with Crippen molar-refractivity contribution in [3.63, 3.8) is 0 Å². The van der Waals surface area contributed by atoms with Crippen LogP contribution in [0.25, 0.3) is 0 Å². The molecule has 1 heterocycles. The van der Waals surface area contributed by atoms with E-state index in [1.807, 2.05) is 35.7 Å². The van der Waals surface area contributed by atoms with Crippen LogP contribution in [0.2, 0.25) is 0 Å². The Kier molecular flexibility index (Phi) is 7.38. The van der Waals surface area contributed by atoms with Crippen molar-refractivity contribution < 1.29 is 23.7 Å². The predicted molar refractivity (Wildman–Crippen MR) is 124 cm³/mol. The van der Waals surface area contributed by atoms with Gasteiger partial charge in [0.1, 0.15) is 0 Å². The van der Waals surface area contributed by atoms with Crippen LogP contribution in [0.3, 0.4) is 0 Å². The van der Waals surface area contributed by atoms with E-state index in [0.29, 0.717) is 27.1 Å². The van der Waals surface area contributed by atoms with E-state index in [4.69, 9.17) is 23.7 Å². The number of halogens is 1. The molecule has 28 heavy (non-hydrogen) atoms. The Bertz CT molecular complexity index is 821. The molecule has 0 aromatic heterocycles. The van der Waals surface area contributed by atoms with Crippen LogP contribution in [-0.4, -0.2) is 41.3 Å². The zero-order valence-electron chi connectivity index (χ0n) is 16.4. The monoisotopic (exact) mass is 534 g/mol. The molecule has 0 spiro atoms. The van der Waals surface area contributed by atoms with E-state index in [0.717, 1.165) is 20.8 Å². The standard InChI is InChI=1S/C20H23IO5S2/c1-22-14-9-12(6-13(21)18(14)25-4)20-27-10-17(28-20)11-7-15(23-2)19(26-5)16(8-11)24-3/h6-9,17,20H,10H2,1-5H3/t17-,20+/m0/s1. The summed E-state index contributed by atoms with van der Waals surface area (Å²) in [6.45, 7) is 0. The number of benzene rings is 2. The molecule has 0 unspecified atom stereocenters. The van der Waals surface area contributed by atoms with Gasteiger partial charge in [0.25, 0.3) is 0 Å². The largest absolute Gasteiger partial charge is 0.493 e. The highest BCUT2D eigenvalue weighted by atomic mass is 127. The second-order valence-corrected chi connectivity index (χ2v) is 9.90. The number of rotatable bonds is 7. The normalized spacial score (nSPS) is 18.6. The van der Waals surface area contributed by atoms with Gasteiger partial charge in [0.2, 0.25) is 5.75 Å². The number of hydrogen-bond donors (Lipinski definition) is 0. The maximum Gasteiger partial charge on any atom is 0.203 e. The molecule has 0 amide bonds. The zero-order valence-corrected chi connectivity index (χ0v) is 20.2. The van der Waals surface area contributed by atoms with Crippen LogP contribution in [0.15, 0.2) is 24.3 Å². The zero-order chi connectivity index (χ0) is 20.3. The lowest BCUT2D eigenvalue weighted by molar-refractivity contribution is 0.324. The van der Waals surface area contributed by atoms with Crippen LogP contribution in [0.1, 0.15) is 21.0 Å². The van der Waals surface area contributed by atoms with Crippen LogP contribution in [0, 0.1) is 3.57 Å². The molecule has 0 radical (unpaired) electrons. The third-order valence-electron chi connectivity index (χ3n) is 4.47. The van der Waals surface area contributed by atoms with Gasteiger partial charge in [-0.05, 0) is 58.0 Å². The van der Waals surface area contributed by atoms with Gasteiger partial charge in [0.05, 0.1) is 43.7 Å². The van der Waals surface area contributed by atoms with Crippen molar-refractivity contribution in [2.24, 2.45) is 0 Å². The quantitative estimate of drug-likeness (QED) is 0.432. The van der Waals surface area contributed by atoms with Gasteiger partial charge in [-0.1, -0.05) is 0 Å². The van der Waals surface area contributed by atoms with Crippen molar-refractivity contribution in [3.8, 4) is 28.7 Å². The van der Waals surface area contributed by atoms with Gasteiger partial charge < -0.3 is 23.7 Å². The smallest absolute Gasteiger partial charge is 0.203 e. The van der Waals surface area contributed by atoms with E-state index < -0.39 is 0 Å². The van der Waals surface area contributed by atoms with Crippen LogP contribution < -0.4 is 23.7 Å². The molecule has 0 bridgehead atoms. The van der Waals surface area contributed by atoms with Crippen molar-refractivity contribution in [3.05, 3.63) is 39.0 Å². The van der Waals surface area contributed by atoms with Gasteiger partial charge in [-0.25, -0.2) is 0 Å². The van der Waals surface area contributed by atoms with Crippen LogP contribution >= 0.6 is 46.1 Å². The summed E-state index contributed by atoms with van der Waals surface area (Å²) >= 11 is 6.14. The van der Waals surface area contributed by atoms with Crippen molar-refractivity contribution in [1.82, 2.24) is 0 Å². The average Bonchev–Trinajstić information content (AvgIpc) is 3.22. The van der Waals surface area contributed by atoms with E-state index in [2.05, 4.69) is 34.7 Å². The molecule has 3 rings (SSSR count).